The molecule has 0 saturated carbocycles. The summed E-state index contributed by atoms with van der Waals surface area (Å²) in [6.07, 6.45) is -1.27. The molecule has 6 nitrogen and oxygen atoms in total. The van der Waals surface area contributed by atoms with E-state index in [4.69, 9.17) is 9.47 Å². The Bertz CT molecular complexity index is 528. The van der Waals surface area contributed by atoms with Gasteiger partial charge in [-0.15, -0.1) is 0 Å². The van der Waals surface area contributed by atoms with E-state index >= 15 is 0 Å². The zero-order valence-electron chi connectivity index (χ0n) is 10.8. The molecule has 2 atom stereocenters. The number of hydrogen-bond acceptors (Lipinski definition) is 5. The number of β-amino-alcohol motifs (C(OH)–C–C–N with tert-alkyl or cyclic N) is 1. The summed E-state index contributed by atoms with van der Waals surface area (Å²) >= 11 is 0. The van der Waals surface area contributed by atoms with Gasteiger partial charge < -0.3 is 14.6 Å². The molecule has 0 aliphatic carbocycles. The molecule has 7 heteroatoms. The van der Waals surface area contributed by atoms with Crippen LogP contribution in [0.5, 0.6) is 5.75 Å². The smallest absolute Gasteiger partial charge is 0.243 e. The van der Waals surface area contributed by atoms with Gasteiger partial charge in [0.1, 0.15) is 5.75 Å². The normalized spacial score (nSPS) is 24.6. The van der Waals surface area contributed by atoms with Gasteiger partial charge in [0.25, 0.3) is 0 Å². The van der Waals surface area contributed by atoms with Crippen LogP contribution in [-0.4, -0.2) is 57.3 Å². The SMILES string of the molecule is COc1ccc(S(=O)(=O)N2C[C@H](OC)[C@@H](O)C2)cc1. The fourth-order valence-corrected chi connectivity index (χ4v) is 3.52. The molecule has 0 spiro atoms. The van der Waals surface area contributed by atoms with Gasteiger partial charge in [-0.3, -0.25) is 0 Å². The summed E-state index contributed by atoms with van der Waals surface area (Å²) < 4.78 is 36.0. The molecule has 0 amide bonds. The van der Waals surface area contributed by atoms with Crippen molar-refractivity contribution in [2.75, 3.05) is 27.3 Å². The Morgan fingerprint density at radius 1 is 1.21 bits per heavy atom. The van der Waals surface area contributed by atoms with Crippen molar-refractivity contribution in [3.05, 3.63) is 24.3 Å². The Balaban J connectivity index is 2.22. The summed E-state index contributed by atoms with van der Waals surface area (Å²) in [5.41, 5.74) is 0. The summed E-state index contributed by atoms with van der Waals surface area (Å²) in [5.74, 6) is 0.593. The number of nitrogens with zero attached hydrogens (tertiary/aromatic N) is 1. The van der Waals surface area contributed by atoms with Crippen LogP contribution in [0.4, 0.5) is 0 Å². The highest BCUT2D eigenvalue weighted by molar-refractivity contribution is 7.89. The van der Waals surface area contributed by atoms with Crippen molar-refractivity contribution in [2.45, 2.75) is 17.1 Å². The van der Waals surface area contributed by atoms with Crippen molar-refractivity contribution < 1.29 is 23.0 Å². The second-order valence-electron chi connectivity index (χ2n) is 4.34. The number of ether oxygens (including phenoxy) is 2. The molecule has 1 aliphatic rings. The summed E-state index contributed by atoms with van der Waals surface area (Å²) in [6, 6.07) is 6.15. The molecule has 1 N–H and O–H groups in total. The second-order valence-corrected chi connectivity index (χ2v) is 6.28. The average Bonchev–Trinajstić information content (AvgIpc) is 2.81. The first-order chi connectivity index (χ1) is 8.98. The lowest BCUT2D eigenvalue weighted by atomic mass is 10.3. The fourth-order valence-electron chi connectivity index (χ4n) is 2.05. The molecule has 19 heavy (non-hydrogen) atoms. The van der Waals surface area contributed by atoms with Crippen molar-refractivity contribution >= 4 is 10.0 Å². The number of aliphatic hydroxyl groups excluding tert-OH is 1. The largest absolute Gasteiger partial charge is 0.497 e. The highest BCUT2D eigenvalue weighted by atomic mass is 32.2. The number of rotatable bonds is 4. The summed E-state index contributed by atoms with van der Waals surface area (Å²) in [5, 5.41) is 9.70. The van der Waals surface area contributed by atoms with Crippen LogP contribution in [0.3, 0.4) is 0 Å². The number of benzene rings is 1. The Kier molecular flexibility index (Phi) is 4.10. The highest BCUT2D eigenvalue weighted by Gasteiger charge is 2.38. The third kappa shape index (κ3) is 2.74. The van der Waals surface area contributed by atoms with Gasteiger partial charge in [0, 0.05) is 20.2 Å². The molecule has 1 fully saturated rings. The van der Waals surface area contributed by atoms with Gasteiger partial charge in [-0.1, -0.05) is 0 Å². The molecular formula is C12H17NO5S. The number of hydrogen-bond donors (Lipinski definition) is 1. The Hall–Kier alpha value is -1.15. The maximum absolute atomic E-state index is 12.4. The first-order valence-corrected chi connectivity index (χ1v) is 7.28. The minimum Gasteiger partial charge on any atom is -0.497 e. The van der Waals surface area contributed by atoms with Crippen LogP contribution < -0.4 is 4.74 Å². The standard InChI is InChI=1S/C12H17NO5S/c1-17-9-3-5-10(6-4-9)19(15,16)13-7-11(14)12(8-13)18-2/h3-6,11-12,14H,7-8H2,1-2H3/t11-,12-/m0/s1. The molecule has 1 heterocycles. The van der Waals surface area contributed by atoms with Crippen molar-refractivity contribution in [2.24, 2.45) is 0 Å². The van der Waals surface area contributed by atoms with Gasteiger partial charge in [0.05, 0.1) is 24.2 Å². The van der Waals surface area contributed by atoms with Crippen molar-refractivity contribution in [1.29, 1.82) is 0 Å². The number of aliphatic hydroxyl groups is 1. The van der Waals surface area contributed by atoms with Gasteiger partial charge >= 0.3 is 0 Å². The third-order valence-electron chi connectivity index (χ3n) is 3.20. The van der Waals surface area contributed by atoms with Gasteiger partial charge in [-0.25, -0.2) is 8.42 Å². The molecule has 1 aliphatic heterocycles. The topological polar surface area (TPSA) is 76.1 Å². The predicted molar refractivity (Wildman–Crippen MR) is 68.6 cm³/mol. The Labute approximate surface area is 112 Å². The lowest BCUT2D eigenvalue weighted by molar-refractivity contribution is 0.0216. The molecule has 0 aromatic heterocycles. The van der Waals surface area contributed by atoms with E-state index in [1.54, 1.807) is 12.1 Å². The van der Waals surface area contributed by atoms with E-state index in [1.165, 1.54) is 30.7 Å². The first-order valence-electron chi connectivity index (χ1n) is 5.84. The van der Waals surface area contributed by atoms with E-state index in [0.717, 1.165) is 0 Å². The lowest BCUT2D eigenvalue weighted by Crippen LogP contribution is -2.30. The molecule has 2 rings (SSSR count). The molecule has 1 aromatic carbocycles. The van der Waals surface area contributed by atoms with Crippen LogP contribution in [0.1, 0.15) is 0 Å². The third-order valence-corrected chi connectivity index (χ3v) is 5.05. The Morgan fingerprint density at radius 2 is 1.84 bits per heavy atom. The van der Waals surface area contributed by atoms with Crippen LogP contribution in [0.2, 0.25) is 0 Å². The number of sulfonamides is 1. The summed E-state index contributed by atoms with van der Waals surface area (Å²) in [4.78, 5) is 0.178. The quantitative estimate of drug-likeness (QED) is 0.848. The first kappa shape index (κ1) is 14.3. The van der Waals surface area contributed by atoms with Crippen molar-refractivity contribution in [3.8, 4) is 5.75 Å². The van der Waals surface area contributed by atoms with Gasteiger partial charge in [-0.05, 0) is 24.3 Å². The molecule has 0 radical (unpaired) electrons. The number of methoxy groups -OCH3 is 2. The summed E-state index contributed by atoms with van der Waals surface area (Å²) in [6.45, 7) is 0.207. The van der Waals surface area contributed by atoms with Gasteiger partial charge in [0.15, 0.2) is 0 Å². The van der Waals surface area contributed by atoms with E-state index in [2.05, 4.69) is 0 Å². The predicted octanol–water partition coefficient (Wildman–Crippen LogP) is 0.0754. The van der Waals surface area contributed by atoms with Gasteiger partial charge in [-0.2, -0.15) is 4.31 Å². The molecule has 1 saturated heterocycles. The van der Waals surface area contributed by atoms with Gasteiger partial charge in [0.2, 0.25) is 10.0 Å². The maximum atomic E-state index is 12.4. The average molecular weight is 287 g/mol. The van der Waals surface area contributed by atoms with E-state index in [0.29, 0.717) is 5.75 Å². The fraction of sp³-hybridized carbons (Fsp3) is 0.500. The van der Waals surface area contributed by atoms with Crippen LogP contribution in [0.25, 0.3) is 0 Å². The van der Waals surface area contributed by atoms with Crippen LogP contribution >= 0.6 is 0 Å². The summed E-state index contributed by atoms with van der Waals surface area (Å²) in [7, 11) is -0.629. The van der Waals surface area contributed by atoms with Crippen molar-refractivity contribution in [1.82, 2.24) is 4.31 Å². The lowest BCUT2D eigenvalue weighted by Gasteiger charge is -2.16. The molecule has 0 bridgehead atoms. The van der Waals surface area contributed by atoms with E-state index in [9.17, 15) is 13.5 Å². The molecule has 0 unspecified atom stereocenters. The van der Waals surface area contributed by atoms with E-state index < -0.39 is 22.2 Å². The Morgan fingerprint density at radius 3 is 2.32 bits per heavy atom. The monoisotopic (exact) mass is 287 g/mol. The molecule has 106 valence electrons. The minimum absolute atomic E-state index is 0.0485. The zero-order valence-corrected chi connectivity index (χ0v) is 11.6. The van der Waals surface area contributed by atoms with Crippen LogP contribution in [-0.2, 0) is 14.8 Å². The van der Waals surface area contributed by atoms with Crippen LogP contribution in [0.15, 0.2) is 29.2 Å². The van der Waals surface area contributed by atoms with E-state index in [1.807, 2.05) is 0 Å². The minimum atomic E-state index is -3.60. The molecular weight excluding hydrogens is 270 g/mol. The highest BCUT2D eigenvalue weighted by Crippen LogP contribution is 2.24. The van der Waals surface area contributed by atoms with Crippen molar-refractivity contribution in [3.63, 3.8) is 0 Å². The maximum Gasteiger partial charge on any atom is 0.243 e. The second kappa shape index (κ2) is 5.46. The van der Waals surface area contributed by atoms with E-state index in [-0.39, 0.29) is 18.0 Å². The molecule has 1 aromatic rings. The van der Waals surface area contributed by atoms with Crippen LogP contribution in [0, 0.1) is 0 Å². The zero-order chi connectivity index (χ0) is 14.0.